The fourth-order valence-electron chi connectivity index (χ4n) is 7.60. The van der Waals surface area contributed by atoms with Crippen LogP contribution in [0.4, 0.5) is 0 Å². The van der Waals surface area contributed by atoms with Gasteiger partial charge in [0, 0.05) is 6.42 Å². The van der Waals surface area contributed by atoms with Gasteiger partial charge in [-0.25, -0.2) is 0 Å². The largest absolute Gasteiger partial charge is 0.295 e. The number of hydrogen-bond acceptors (Lipinski definition) is 2. The highest BCUT2D eigenvalue weighted by Gasteiger charge is 2.62. The zero-order chi connectivity index (χ0) is 19.4. The van der Waals surface area contributed by atoms with Gasteiger partial charge in [-0.05, 0) is 106 Å². The molecule has 4 rings (SSSR count). The summed E-state index contributed by atoms with van der Waals surface area (Å²) in [5.74, 6) is 4.15. The second-order valence-corrected chi connectivity index (χ2v) is 10.3. The molecule has 0 unspecified atom stereocenters. The highest BCUT2D eigenvalue weighted by molar-refractivity contribution is 5.91. The molecule has 0 saturated heterocycles. The standard InChI is InChI=1S/C25H35NO/c1-5-16-13-18-14-19(27)9-10-20(18)21-11-12-25(6-2,24(3,4)15-26)23(22(16)21)17-7-8-17/h5,14,16-17,20-23H,1,6-13H2,2-4H3/t16-,20-,21+,22+,23-,25-/m0/s1. The summed E-state index contributed by atoms with van der Waals surface area (Å²) in [5, 5.41) is 10.1. The van der Waals surface area contributed by atoms with Gasteiger partial charge in [0.15, 0.2) is 5.78 Å². The number of nitriles is 1. The van der Waals surface area contributed by atoms with Gasteiger partial charge < -0.3 is 0 Å². The Morgan fingerprint density at radius 3 is 2.67 bits per heavy atom. The van der Waals surface area contributed by atoms with Crippen molar-refractivity contribution in [1.29, 1.82) is 5.26 Å². The number of nitrogens with zero attached hydrogens (tertiary/aromatic N) is 1. The van der Waals surface area contributed by atoms with Gasteiger partial charge in [-0.1, -0.05) is 18.6 Å². The summed E-state index contributed by atoms with van der Waals surface area (Å²) in [6.07, 6.45) is 13.1. The predicted octanol–water partition coefficient (Wildman–Crippen LogP) is 6.10. The average Bonchev–Trinajstić information content (AvgIpc) is 3.50. The van der Waals surface area contributed by atoms with Crippen LogP contribution < -0.4 is 0 Å². The molecule has 2 nitrogen and oxygen atoms in total. The van der Waals surface area contributed by atoms with Crippen LogP contribution in [0.15, 0.2) is 24.3 Å². The van der Waals surface area contributed by atoms with E-state index in [1.807, 2.05) is 6.08 Å². The molecule has 146 valence electrons. The lowest BCUT2D eigenvalue weighted by Crippen LogP contribution is -2.56. The molecule has 0 radical (unpaired) electrons. The van der Waals surface area contributed by atoms with Crippen LogP contribution in [0, 0.1) is 57.7 Å². The molecule has 3 fully saturated rings. The fraction of sp³-hybridized carbons (Fsp3) is 0.760. The third-order valence-electron chi connectivity index (χ3n) is 9.07. The van der Waals surface area contributed by atoms with Crippen molar-refractivity contribution in [2.24, 2.45) is 46.3 Å². The summed E-state index contributed by atoms with van der Waals surface area (Å²) in [4.78, 5) is 12.0. The van der Waals surface area contributed by atoms with Gasteiger partial charge in [0.25, 0.3) is 0 Å². The molecule has 0 aliphatic heterocycles. The lowest BCUT2D eigenvalue weighted by Gasteiger charge is -2.61. The number of hydrogen-bond donors (Lipinski definition) is 0. The van der Waals surface area contributed by atoms with E-state index < -0.39 is 0 Å². The number of ketones is 1. The van der Waals surface area contributed by atoms with Crippen molar-refractivity contribution in [3.8, 4) is 6.07 Å². The number of carbonyl (C=O) groups excluding carboxylic acids is 1. The summed E-state index contributed by atoms with van der Waals surface area (Å²) < 4.78 is 0. The maximum Gasteiger partial charge on any atom is 0.155 e. The molecule has 27 heavy (non-hydrogen) atoms. The summed E-state index contributed by atoms with van der Waals surface area (Å²) in [6, 6.07) is 2.72. The zero-order valence-electron chi connectivity index (χ0n) is 17.3. The molecule has 0 aromatic rings. The molecular weight excluding hydrogens is 330 g/mol. The molecule has 0 N–H and O–H groups in total. The van der Waals surface area contributed by atoms with Crippen LogP contribution in [0.5, 0.6) is 0 Å². The van der Waals surface area contributed by atoms with Gasteiger partial charge in [0.05, 0.1) is 11.5 Å². The fourth-order valence-corrected chi connectivity index (χ4v) is 7.60. The third kappa shape index (κ3) is 2.76. The molecule has 6 atom stereocenters. The Morgan fingerprint density at radius 2 is 2.07 bits per heavy atom. The van der Waals surface area contributed by atoms with Crippen LogP contribution in [0.1, 0.15) is 72.1 Å². The van der Waals surface area contributed by atoms with Gasteiger partial charge in [0.2, 0.25) is 0 Å². The minimum atomic E-state index is -0.287. The van der Waals surface area contributed by atoms with E-state index in [-0.39, 0.29) is 10.8 Å². The Hall–Kier alpha value is -1.36. The van der Waals surface area contributed by atoms with Crippen molar-refractivity contribution in [2.45, 2.75) is 72.1 Å². The van der Waals surface area contributed by atoms with Crippen LogP contribution >= 0.6 is 0 Å². The van der Waals surface area contributed by atoms with Crippen LogP contribution in [-0.2, 0) is 4.79 Å². The first-order chi connectivity index (χ1) is 12.9. The van der Waals surface area contributed by atoms with Crippen LogP contribution in [0.25, 0.3) is 0 Å². The van der Waals surface area contributed by atoms with E-state index in [4.69, 9.17) is 0 Å². The Kier molecular flexibility index (Phi) is 4.65. The first kappa shape index (κ1) is 19.0. The monoisotopic (exact) mass is 365 g/mol. The second kappa shape index (κ2) is 6.61. The van der Waals surface area contributed by atoms with Gasteiger partial charge >= 0.3 is 0 Å². The quantitative estimate of drug-likeness (QED) is 0.565. The molecule has 0 bridgehead atoms. The van der Waals surface area contributed by atoms with Crippen molar-refractivity contribution >= 4 is 5.78 Å². The molecule has 4 aliphatic rings. The maximum atomic E-state index is 12.0. The highest BCUT2D eigenvalue weighted by Crippen LogP contribution is 2.68. The summed E-state index contributed by atoms with van der Waals surface area (Å²) in [5.41, 5.74) is 1.25. The average molecular weight is 366 g/mol. The van der Waals surface area contributed by atoms with Crippen LogP contribution in [-0.4, -0.2) is 5.78 Å². The van der Waals surface area contributed by atoms with Gasteiger partial charge in [-0.2, -0.15) is 5.26 Å². The van der Waals surface area contributed by atoms with E-state index in [2.05, 4.69) is 39.5 Å². The second-order valence-electron chi connectivity index (χ2n) is 10.3. The molecule has 0 aromatic heterocycles. The SMILES string of the molecule is C=C[C@H]1CC2=CC(=O)CC[C@@H]2[C@H]2CC[C@](CC)(C(C)(C)C#N)[C@@H](C3CC3)[C@@H]21. The third-order valence-corrected chi connectivity index (χ3v) is 9.07. The van der Waals surface area contributed by atoms with E-state index in [1.54, 1.807) is 0 Å². The van der Waals surface area contributed by atoms with Crippen molar-refractivity contribution in [3.05, 3.63) is 24.3 Å². The topological polar surface area (TPSA) is 40.9 Å². The van der Waals surface area contributed by atoms with Crippen molar-refractivity contribution < 1.29 is 4.79 Å². The van der Waals surface area contributed by atoms with Crippen LogP contribution in [0.2, 0.25) is 0 Å². The van der Waals surface area contributed by atoms with E-state index >= 15 is 0 Å². The minimum Gasteiger partial charge on any atom is -0.295 e. The molecule has 0 aromatic carbocycles. The first-order valence-corrected chi connectivity index (χ1v) is 11.2. The lowest BCUT2D eigenvalue weighted by atomic mass is 9.42. The first-order valence-electron chi connectivity index (χ1n) is 11.2. The molecule has 0 spiro atoms. The Bertz CT molecular complexity index is 706. The number of rotatable bonds is 4. The van der Waals surface area contributed by atoms with Gasteiger partial charge in [-0.15, -0.1) is 6.58 Å². The summed E-state index contributed by atoms with van der Waals surface area (Å²) in [6.45, 7) is 10.9. The predicted molar refractivity (Wildman–Crippen MR) is 109 cm³/mol. The molecule has 3 saturated carbocycles. The Labute approximate surface area is 165 Å². The van der Waals surface area contributed by atoms with Crippen molar-refractivity contribution in [1.82, 2.24) is 0 Å². The van der Waals surface area contributed by atoms with Gasteiger partial charge in [-0.3, -0.25) is 4.79 Å². The molecule has 0 heterocycles. The van der Waals surface area contributed by atoms with E-state index in [0.29, 0.717) is 35.4 Å². The van der Waals surface area contributed by atoms with E-state index in [0.717, 1.165) is 31.6 Å². The van der Waals surface area contributed by atoms with E-state index in [9.17, 15) is 10.1 Å². The molecule has 4 aliphatic carbocycles. The zero-order valence-corrected chi connectivity index (χ0v) is 17.3. The maximum absolute atomic E-state index is 12.0. The van der Waals surface area contributed by atoms with Gasteiger partial charge in [0.1, 0.15) is 0 Å². The minimum absolute atomic E-state index is 0.122. The molecule has 0 amide bonds. The lowest BCUT2D eigenvalue weighted by molar-refractivity contribution is -0.119. The van der Waals surface area contributed by atoms with Crippen molar-refractivity contribution in [3.63, 3.8) is 0 Å². The number of carbonyl (C=O) groups is 1. The Morgan fingerprint density at radius 1 is 1.33 bits per heavy atom. The van der Waals surface area contributed by atoms with E-state index in [1.165, 1.54) is 31.3 Å². The smallest absolute Gasteiger partial charge is 0.155 e. The Balaban J connectivity index is 1.79. The molecular formula is C25H35NO. The highest BCUT2D eigenvalue weighted by atomic mass is 16.1. The van der Waals surface area contributed by atoms with Crippen LogP contribution in [0.3, 0.4) is 0 Å². The summed E-state index contributed by atoms with van der Waals surface area (Å²) >= 11 is 0. The normalized spacial score (nSPS) is 41.8. The van der Waals surface area contributed by atoms with Crippen molar-refractivity contribution in [2.75, 3.05) is 0 Å². The number of fused-ring (bicyclic) bond motifs is 3. The summed E-state index contributed by atoms with van der Waals surface area (Å²) in [7, 11) is 0. The molecule has 2 heteroatoms. The number of allylic oxidation sites excluding steroid dienone is 3.